The number of hydrogen-bond donors (Lipinski definition) is 0. The van der Waals surface area contributed by atoms with Gasteiger partial charge in [-0.2, -0.15) is 0 Å². The van der Waals surface area contributed by atoms with E-state index >= 15 is 0 Å². The Kier molecular flexibility index (Phi) is 4.41. The van der Waals surface area contributed by atoms with Gasteiger partial charge in [-0.1, -0.05) is 36.4 Å². The first-order valence-corrected chi connectivity index (χ1v) is 7.08. The molecule has 0 aliphatic carbocycles. The minimum atomic E-state index is 0.511. The zero-order valence-electron chi connectivity index (χ0n) is 12.4. The molecule has 3 rings (SSSR count). The number of aromatic nitrogens is 2. The largest absolute Gasteiger partial charge is 0.380 e. The van der Waals surface area contributed by atoms with E-state index in [9.17, 15) is 0 Å². The van der Waals surface area contributed by atoms with Gasteiger partial charge in [-0.25, -0.2) is 9.97 Å². The fraction of sp³-hybridized carbons (Fsp3) is 0.111. The first kappa shape index (κ1) is 14.2. The van der Waals surface area contributed by atoms with Crippen LogP contribution >= 0.6 is 0 Å². The lowest BCUT2D eigenvalue weighted by Crippen LogP contribution is -2.13. The van der Waals surface area contributed by atoms with Gasteiger partial charge in [0, 0.05) is 36.4 Å². The number of nitrogens with zero attached hydrogens (tertiary/aromatic N) is 3. The number of para-hydroxylation sites is 2. The van der Waals surface area contributed by atoms with Gasteiger partial charge in [0.15, 0.2) is 0 Å². The van der Waals surface area contributed by atoms with Crippen LogP contribution in [0.3, 0.4) is 0 Å². The van der Waals surface area contributed by atoms with Crippen LogP contribution in [0, 0.1) is 0 Å². The highest BCUT2D eigenvalue weighted by atomic mass is 16.5. The van der Waals surface area contributed by atoms with E-state index in [4.69, 9.17) is 4.74 Å². The SMILES string of the molecule is COCc1cnc(N(c2ccccc2)c2ccccc2)nc1. The second-order valence-corrected chi connectivity index (χ2v) is 4.83. The van der Waals surface area contributed by atoms with Crippen molar-refractivity contribution in [2.24, 2.45) is 0 Å². The number of methoxy groups -OCH3 is 1. The summed E-state index contributed by atoms with van der Waals surface area (Å²) in [4.78, 5) is 11.0. The monoisotopic (exact) mass is 291 g/mol. The molecule has 0 radical (unpaired) electrons. The molecular formula is C18H17N3O. The van der Waals surface area contributed by atoms with Gasteiger partial charge in [-0.05, 0) is 24.3 Å². The molecule has 0 bridgehead atoms. The molecule has 0 aliphatic heterocycles. The van der Waals surface area contributed by atoms with Gasteiger partial charge in [-0.3, -0.25) is 4.90 Å². The quantitative estimate of drug-likeness (QED) is 0.709. The first-order valence-electron chi connectivity index (χ1n) is 7.08. The van der Waals surface area contributed by atoms with Gasteiger partial charge in [0.05, 0.1) is 6.61 Å². The molecule has 0 fully saturated rings. The third-order valence-corrected chi connectivity index (χ3v) is 3.23. The Balaban J connectivity index is 2.02. The van der Waals surface area contributed by atoms with Crippen molar-refractivity contribution in [1.29, 1.82) is 0 Å². The minimum Gasteiger partial charge on any atom is -0.380 e. The molecule has 0 amide bonds. The maximum Gasteiger partial charge on any atom is 0.234 e. The summed E-state index contributed by atoms with van der Waals surface area (Å²) < 4.78 is 5.10. The van der Waals surface area contributed by atoms with Gasteiger partial charge in [-0.15, -0.1) is 0 Å². The predicted octanol–water partition coefficient (Wildman–Crippen LogP) is 4.09. The van der Waals surface area contributed by atoms with Gasteiger partial charge >= 0.3 is 0 Å². The van der Waals surface area contributed by atoms with Crippen molar-refractivity contribution in [1.82, 2.24) is 9.97 Å². The molecule has 4 heteroatoms. The zero-order chi connectivity index (χ0) is 15.2. The summed E-state index contributed by atoms with van der Waals surface area (Å²) in [7, 11) is 1.66. The molecule has 0 aliphatic rings. The average molecular weight is 291 g/mol. The van der Waals surface area contributed by atoms with Crippen molar-refractivity contribution in [3.63, 3.8) is 0 Å². The Bertz CT molecular complexity index is 660. The molecule has 110 valence electrons. The van der Waals surface area contributed by atoms with Crippen LogP contribution in [0.25, 0.3) is 0 Å². The molecule has 0 spiro atoms. The molecule has 3 aromatic rings. The topological polar surface area (TPSA) is 38.2 Å². The third-order valence-electron chi connectivity index (χ3n) is 3.23. The number of rotatable bonds is 5. The molecule has 1 heterocycles. The smallest absolute Gasteiger partial charge is 0.234 e. The molecule has 4 nitrogen and oxygen atoms in total. The summed E-state index contributed by atoms with van der Waals surface area (Å²) in [6.45, 7) is 0.511. The van der Waals surface area contributed by atoms with Crippen molar-refractivity contribution in [2.45, 2.75) is 6.61 Å². The Labute approximate surface area is 130 Å². The van der Waals surface area contributed by atoms with E-state index in [1.807, 2.05) is 65.6 Å². The molecule has 0 saturated heterocycles. The maximum absolute atomic E-state index is 5.10. The van der Waals surface area contributed by atoms with Gasteiger partial charge in [0.1, 0.15) is 0 Å². The van der Waals surface area contributed by atoms with E-state index < -0.39 is 0 Å². The summed E-state index contributed by atoms with van der Waals surface area (Å²) >= 11 is 0. The molecule has 1 aromatic heterocycles. The minimum absolute atomic E-state index is 0.511. The Morgan fingerprint density at radius 3 is 1.77 bits per heavy atom. The molecule has 0 saturated carbocycles. The third kappa shape index (κ3) is 3.13. The second kappa shape index (κ2) is 6.83. The van der Waals surface area contributed by atoms with Crippen LogP contribution in [-0.4, -0.2) is 17.1 Å². The normalized spacial score (nSPS) is 10.4. The molecule has 0 unspecified atom stereocenters. The van der Waals surface area contributed by atoms with Gasteiger partial charge in [0.25, 0.3) is 0 Å². The lowest BCUT2D eigenvalue weighted by atomic mass is 10.2. The Morgan fingerprint density at radius 1 is 0.818 bits per heavy atom. The van der Waals surface area contributed by atoms with Crippen LogP contribution in [0.5, 0.6) is 0 Å². The van der Waals surface area contributed by atoms with E-state index in [-0.39, 0.29) is 0 Å². The van der Waals surface area contributed by atoms with E-state index in [0.717, 1.165) is 16.9 Å². The number of ether oxygens (including phenoxy) is 1. The van der Waals surface area contributed by atoms with Crippen molar-refractivity contribution < 1.29 is 4.74 Å². The first-order chi connectivity index (χ1) is 10.9. The summed E-state index contributed by atoms with van der Waals surface area (Å²) in [6, 6.07) is 20.2. The van der Waals surface area contributed by atoms with E-state index in [1.54, 1.807) is 19.5 Å². The zero-order valence-corrected chi connectivity index (χ0v) is 12.4. The van der Waals surface area contributed by atoms with Crippen LogP contribution in [0.1, 0.15) is 5.56 Å². The lowest BCUT2D eigenvalue weighted by molar-refractivity contribution is 0.184. The molecule has 2 aromatic carbocycles. The standard InChI is InChI=1S/C18H17N3O/c1-22-14-15-12-19-18(20-13-15)21(16-8-4-2-5-9-16)17-10-6-3-7-11-17/h2-13H,14H2,1H3. The molecular weight excluding hydrogens is 274 g/mol. The van der Waals surface area contributed by atoms with Crippen molar-refractivity contribution in [3.8, 4) is 0 Å². The highest BCUT2D eigenvalue weighted by Crippen LogP contribution is 2.31. The number of benzene rings is 2. The molecule has 0 N–H and O–H groups in total. The van der Waals surface area contributed by atoms with E-state index in [1.165, 1.54) is 0 Å². The fourth-order valence-corrected chi connectivity index (χ4v) is 2.24. The second-order valence-electron chi connectivity index (χ2n) is 4.83. The van der Waals surface area contributed by atoms with Crippen LogP contribution in [0.15, 0.2) is 73.1 Å². The molecule has 22 heavy (non-hydrogen) atoms. The number of anilines is 3. The maximum atomic E-state index is 5.10. The molecule has 0 atom stereocenters. The van der Waals surface area contributed by atoms with E-state index in [0.29, 0.717) is 12.6 Å². The average Bonchev–Trinajstić information content (AvgIpc) is 2.59. The summed E-state index contributed by atoms with van der Waals surface area (Å²) in [5.41, 5.74) is 2.99. The highest BCUT2D eigenvalue weighted by Gasteiger charge is 2.14. The van der Waals surface area contributed by atoms with Crippen LogP contribution in [-0.2, 0) is 11.3 Å². The van der Waals surface area contributed by atoms with Gasteiger partial charge in [0.2, 0.25) is 5.95 Å². The van der Waals surface area contributed by atoms with Crippen LogP contribution < -0.4 is 4.90 Å². The Morgan fingerprint density at radius 2 is 1.32 bits per heavy atom. The summed E-state index contributed by atoms with van der Waals surface area (Å²) in [5, 5.41) is 0. The lowest BCUT2D eigenvalue weighted by Gasteiger charge is -2.22. The predicted molar refractivity (Wildman–Crippen MR) is 87.4 cm³/mol. The highest BCUT2D eigenvalue weighted by molar-refractivity contribution is 5.72. The number of hydrogen-bond acceptors (Lipinski definition) is 4. The fourth-order valence-electron chi connectivity index (χ4n) is 2.24. The van der Waals surface area contributed by atoms with Crippen molar-refractivity contribution in [3.05, 3.63) is 78.6 Å². The Hall–Kier alpha value is -2.72. The van der Waals surface area contributed by atoms with Crippen molar-refractivity contribution >= 4 is 17.3 Å². The van der Waals surface area contributed by atoms with Gasteiger partial charge < -0.3 is 4.74 Å². The van der Waals surface area contributed by atoms with Crippen molar-refractivity contribution in [2.75, 3.05) is 12.0 Å². The van der Waals surface area contributed by atoms with Crippen LogP contribution in [0.2, 0.25) is 0 Å². The van der Waals surface area contributed by atoms with Crippen LogP contribution in [0.4, 0.5) is 17.3 Å². The summed E-state index contributed by atoms with van der Waals surface area (Å²) in [5.74, 6) is 0.636. The summed E-state index contributed by atoms with van der Waals surface area (Å²) in [6.07, 6.45) is 3.59. The van der Waals surface area contributed by atoms with E-state index in [2.05, 4.69) is 9.97 Å².